The Balaban J connectivity index is 1.88. The van der Waals surface area contributed by atoms with Crippen LogP contribution in [0.25, 0.3) is 0 Å². The second kappa shape index (κ2) is 8.37. The van der Waals surface area contributed by atoms with Crippen molar-refractivity contribution in [1.82, 2.24) is 0 Å². The molecule has 23 heavy (non-hydrogen) atoms. The Kier molecular flexibility index (Phi) is 6.21. The smallest absolute Gasteiger partial charge is 0.265 e. The van der Waals surface area contributed by atoms with Gasteiger partial charge in [-0.1, -0.05) is 43.2 Å². The van der Waals surface area contributed by atoms with E-state index in [1.165, 1.54) is 18.4 Å². The van der Waals surface area contributed by atoms with Gasteiger partial charge in [0.05, 0.1) is 0 Å². The van der Waals surface area contributed by atoms with Crippen molar-refractivity contribution < 1.29 is 9.53 Å². The quantitative estimate of drug-likeness (QED) is 0.802. The Morgan fingerprint density at radius 1 is 1.09 bits per heavy atom. The van der Waals surface area contributed by atoms with Gasteiger partial charge in [-0.05, 0) is 56.5 Å². The lowest BCUT2D eigenvalue weighted by Gasteiger charge is -2.15. The largest absolute Gasteiger partial charge is 0.481 e. The number of benzene rings is 2. The second-order valence-corrected chi connectivity index (χ2v) is 5.86. The topological polar surface area (TPSA) is 38.3 Å². The third kappa shape index (κ3) is 5.44. The third-order valence-corrected chi connectivity index (χ3v) is 3.74. The van der Waals surface area contributed by atoms with E-state index >= 15 is 0 Å². The summed E-state index contributed by atoms with van der Waals surface area (Å²) in [6.45, 7) is 5.96. The van der Waals surface area contributed by atoms with Gasteiger partial charge in [-0.15, -0.1) is 0 Å². The van der Waals surface area contributed by atoms with Gasteiger partial charge >= 0.3 is 0 Å². The standard InChI is InChI=1S/C20H25NO2/c1-4-5-6-17-9-11-18(12-10-17)21-20(22)16(3)23-19-13-7-15(2)8-14-19/h7-14,16H,4-6H2,1-3H3,(H,21,22)/t16-/m0/s1. The van der Waals surface area contributed by atoms with Gasteiger partial charge in [0.1, 0.15) is 5.75 Å². The number of rotatable bonds is 7. The molecule has 2 aromatic carbocycles. The molecule has 0 heterocycles. The van der Waals surface area contributed by atoms with Crippen molar-refractivity contribution in [1.29, 1.82) is 0 Å². The highest BCUT2D eigenvalue weighted by Crippen LogP contribution is 2.15. The SMILES string of the molecule is CCCCc1ccc(NC(=O)[C@H](C)Oc2ccc(C)cc2)cc1. The van der Waals surface area contributed by atoms with Crippen LogP contribution < -0.4 is 10.1 Å². The van der Waals surface area contributed by atoms with E-state index in [0.29, 0.717) is 5.75 Å². The van der Waals surface area contributed by atoms with Crippen LogP contribution in [0.1, 0.15) is 37.8 Å². The first-order chi connectivity index (χ1) is 11.1. The van der Waals surface area contributed by atoms with Crippen LogP contribution in [0.15, 0.2) is 48.5 Å². The molecule has 0 saturated carbocycles. The summed E-state index contributed by atoms with van der Waals surface area (Å²) < 4.78 is 5.67. The van der Waals surface area contributed by atoms with Crippen LogP contribution in [0.2, 0.25) is 0 Å². The van der Waals surface area contributed by atoms with Crippen LogP contribution >= 0.6 is 0 Å². The third-order valence-electron chi connectivity index (χ3n) is 3.74. The fraction of sp³-hybridized carbons (Fsp3) is 0.350. The summed E-state index contributed by atoms with van der Waals surface area (Å²) in [4.78, 5) is 12.2. The molecule has 0 bridgehead atoms. The normalized spacial score (nSPS) is 11.8. The summed E-state index contributed by atoms with van der Waals surface area (Å²) in [5.41, 5.74) is 3.26. The van der Waals surface area contributed by atoms with E-state index in [2.05, 4.69) is 24.4 Å². The van der Waals surface area contributed by atoms with E-state index in [9.17, 15) is 4.79 Å². The predicted octanol–water partition coefficient (Wildman–Crippen LogP) is 4.74. The first kappa shape index (κ1) is 17.1. The molecular weight excluding hydrogens is 286 g/mol. The molecule has 0 fully saturated rings. The van der Waals surface area contributed by atoms with Crippen LogP contribution in [0.3, 0.4) is 0 Å². The molecule has 0 aliphatic carbocycles. The maximum atomic E-state index is 12.2. The maximum Gasteiger partial charge on any atom is 0.265 e. The van der Waals surface area contributed by atoms with Gasteiger partial charge in [0.2, 0.25) is 0 Å². The zero-order valence-corrected chi connectivity index (χ0v) is 14.1. The van der Waals surface area contributed by atoms with Crippen molar-refractivity contribution >= 4 is 11.6 Å². The molecule has 3 heteroatoms. The maximum absolute atomic E-state index is 12.2. The molecule has 0 saturated heterocycles. The van der Waals surface area contributed by atoms with Crippen LogP contribution in [0.5, 0.6) is 5.75 Å². The van der Waals surface area contributed by atoms with Crippen molar-refractivity contribution in [2.45, 2.75) is 46.1 Å². The van der Waals surface area contributed by atoms with Crippen LogP contribution in [-0.4, -0.2) is 12.0 Å². The van der Waals surface area contributed by atoms with Gasteiger partial charge in [0.25, 0.3) is 5.91 Å². The number of aryl methyl sites for hydroxylation is 2. The predicted molar refractivity (Wildman–Crippen MR) is 95.0 cm³/mol. The van der Waals surface area contributed by atoms with E-state index in [1.807, 2.05) is 43.3 Å². The van der Waals surface area contributed by atoms with Gasteiger partial charge in [-0.3, -0.25) is 4.79 Å². The highest BCUT2D eigenvalue weighted by molar-refractivity contribution is 5.94. The molecule has 3 nitrogen and oxygen atoms in total. The zero-order chi connectivity index (χ0) is 16.7. The molecule has 0 radical (unpaired) electrons. The van der Waals surface area contributed by atoms with E-state index < -0.39 is 6.10 Å². The highest BCUT2D eigenvalue weighted by Gasteiger charge is 2.14. The van der Waals surface area contributed by atoms with E-state index in [-0.39, 0.29) is 5.91 Å². The molecule has 2 aromatic rings. The monoisotopic (exact) mass is 311 g/mol. The summed E-state index contributed by atoms with van der Waals surface area (Å²) in [5.74, 6) is 0.556. The molecule has 0 aromatic heterocycles. The number of anilines is 1. The second-order valence-electron chi connectivity index (χ2n) is 5.86. The molecule has 1 atom stereocenters. The first-order valence-corrected chi connectivity index (χ1v) is 8.21. The minimum absolute atomic E-state index is 0.146. The van der Waals surface area contributed by atoms with Crippen molar-refractivity contribution in [2.24, 2.45) is 0 Å². The average molecular weight is 311 g/mol. The number of hydrogen-bond acceptors (Lipinski definition) is 2. The lowest BCUT2D eigenvalue weighted by molar-refractivity contribution is -0.122. The minimum Gasteiger partial charge on any atom is -0.481 e. The summed E-state index contributed by atoms with van der Waals surface area (Å²) in [6, 6.07) is 15.7. The molecule has 2 rings (SSSR count). The van der Waals surface area contributed by atoms with E-state index in [0.717, 1.165) is 17.7 Å². The summed E-state index contributed by atoms with van der Waals surface area (Å²) in [6.07, 6.45) is 2.91. The zero-order valence-electron chi connectivity index (χ0n) is 14.1. The minimum atomic E-state index is -0.544. The fourth-order valence-electron chi connectivity index (χ4n) is 2.25. The Hall–Kier alpha value is -2.29. The molecule has 0 spiro atoms. The van der Waals surface area contributed by atoms with Gasteiger partial charge in [-0.2, -0.15) is 0 Å². The molecule has 0 aliphatic heterocycles. The number of unbranched alkanes of at least 4 members (excludes halogenated alkanes) is 1. The summed E-state index contributed by atoms with van der Waals surface area (Å²) >= 11 is 0. The highest BCUT2D eigenvalue weighted by atomic mass is 16.5. The number of ether oxygens (including phenoxy) is 1. The number of carbonyl (C=O) groups is 1. The Bertz CT molecular complexity index is 617. The van der Waals surface area contributed by atoms with Crippen molar-refractivity contribution in [3.8, 4) is 5.75 Å². The number of hydrogen-bond donors (Lipinski definition) is 1. The first-order valence-electron chi connectivity index (χ1n) is 8.21. The van der Waals surface area contributed by atoms with Gasteiger partial charge in [0, 0.05) is 5.69 Å². The van der Waals surface area contributed by atoms with Crippen LogP contribution in [-0.2, 0) is 11.2 Å². The number of amides is 1. The number of carbonyl (C=O) groups excluding carboxylic acids is 1. The summed E-state index contributed by atoms with van der Waals surface area (Å²) in [5, 5.41) is 2.89. The molecule has 0 unspecified atom stereocenters. The molecule has 1 amide bonds. The average Bonchev–Trinajstić information content (AvgIpc) is 2.56. The lowest BCUT2D eigenvalue weighted by atomic mass is 10.1. The van der Waals surface area contributed by atoms with Gasteiger partial charge in [-0.25, -0.2) is 0 Å². The molecule has 0 aliphatic rings. The van der Waals surface area contributed by atoms with Crippen LogP contribution in [0.4, 0.5) is 5.69 Å². The Labute approximate surface area is 138 Å². The lowest BCUT2D eigenvalue weighted by Crippen LogP contribution is -2.30. The van der Waals surface area contributed by atoms with Gasteiger partial charge in [0.15, 0.2) is 6.10 Å². The van der Waals surface area contributed by atoms with E-state index in [4.69, 9.17) is 4.74 Å². The fourth-order valence-corrected chi connectivity index (χ4v) is 2.25. The number of nitrogens with one attached hydrogen (secondary N) is 1. The van der Waals surface area contributed by atoms with Crippen molar-refractivity contribution in [2.75, 3.05) is 5.32 Å². The van der Waals surface area contributed by atoms with E-state index in [1.54, 1.807) is 6.92 Å². The Morgan fingerprint density at radius 3 is 2.35 bits per heavy atom. The molecular formula is C20H25NO2. The van der Waals surface area contributed by atoms with Crippen molar-refractivity contribution in [3.63, 3.8) is 0 Å². The summed E-state index contributed by atoms with van der Waals surface area (Å²) in [7, 11) is 0. The van der Waals surface area contributed by atoms with Gasteiger partial charge < -0.3 is 10.1 Å². The Morgan fingerprint density at radius 2 is 1.74 bits per heavy atom. The van der Waals surface area contributed by atoms with Crippen LogP contribution in [0, 0.1) is 6.92 Å². The molecule has 1 N–H and O–H groups in total. The van der Waals surface area contributed by atoms with Crippen molar-refractivity contribution in [3.05, 3.63) is 59.7 Å². The molecule has 122 valence electrons.